The Labute approximate surface area is 177 Å². The summed E-state index contributed by atoms with van der Waals surface area (Å²) in [5.41, 5.74) is 9.00. The van der Waals surface area contributed by atoms with Crippen molar-refractivity contribution in [3.63, 3.8) is 0 Å². The second-order valence-corrected chi connectivity index (χ2v) is 8.19. The van der Waals surface area contributed by atoms with Crippen LogP contribution in [0.4, 0.5) is 0 Å². The van der Waals surface area contributed by atoms with Gasteiger partial charge in [-0.25, -0.2) is 0 Å². The number of fused-ring (bicyclic) bond motifs is 1. The lowest BCUT2D eigenvalue weighted by atomic mass is 9.94. The van der Waals surface area contributed by atoms with Crippen molar-refractivity contribution in [2.75, 3.05) is 0 Å². The predicted molar refractivity (Wildman–Crippen MR) is 123 cm³/mol. The van der Waals surface area contributed by atoms with Gasteiger partial charge in [-0.2, -0.15) is 8.75 Å². The molecule has 0 bridgehead atoms. The molecule has 0 fully saturated rings. The molecule has 3 aromatic carbocycles. The number of nitrogens with zero attached hydrogens (tertiary/aromatic N) is 2. The van der Waals surface area contributed by atoms with Gasteiger partial charge in [0, 0.05) is 11.1 Å². The van der Waals surface area contributed by atoms with Crippen molar-refractivity contribution < 1.29 is 0 Å². The Morgan fingerprint density at radius 2 is 1.55 bits per heavy atom. The monoisotopic (exact) mass is 396 g/mol. The summed E-state index contributed by atoms with van der Waals surface area (Å²) in [5, 5.41) is 0. The molecule has 2 nitrogen and oxygen atoms in total. The van der Waals surface area contributed by atoms with Gasteiger partial charge in [0.1, 0.15) is 11.0 Å². The van der Waals surface area contributed by atoms with Crippen molar-refractivity contribution in [3.8, 4) is 23.0 Å². The molecule has 144 valence electrons. The van der Waals surface area contributed by atoms with Crippen molar-refractivity contribution in [2.24, 2.45) is 5.92 Å². The molecule has 1 unspecified atom stereocenters. The summed E-state index contributed by atoms with van der Waals surface area (Å²) in [6, 6.07) is 21.4. The van der Waals surface area contributed by atoms with Crippen LogP contribution in [0.3, 0.4) is 0 Å². The molecule has 0 aliphatic carbocycles. The molecule has 0 saturated heterocycles. The first-order valence-electron chi connectivity index (χ1n) is 10.1. The quantitative estimate of drug-likeness (QED) is 0.361. The Balaban J connectivity index is 1.53. The van der Waals surface area contributed by atoms with E-state index in [1.165, 1.54) is 40.4 Å². The third-order valence-electron chi connectivity index (χ3n) is 5.38. The van der Waals surface area contributed by atoms with E-state index in [0.29, 0.717) is 0 Å². The highest BCUT2D eigenvalue weighted by atomic mass is 32.1. The van der Waals surface area contributed by atoms with E-state index in [1.54, 1.807) is 0 Å². The summed E-state index contributed by atoms with van der Waals surface area (Å²) in [6.07, 6.45) is 2.37. The fourth-order valence-electron chi connectivity index (χ4n) is 3.44. The summed E-state index contributed by atoms with van der Waals surface area (Å²) in [4.78, 5) is 0. The van der Waals surface area contributed by atoms with Gasteiger partial charge in [0.15, 0.2) is 0 Å². The predicted octanol–water partition coefficient (Wildman–Crippen LogP) is 6.66. The van der Waals surface area contributed by atoms with Crippen molar-refractivity contribution in [1.29, 1.82) is 0 Å². The molecule has 4 aromatic rings. The molecular weight excluding hydrogens is 372 g/mol. The number of hydrogen-bond acceptors (Lipinski definition) is 3. The van der Waals surface area contributed by atoms with Crippen LogP contribution in [0.2, 0.25) is 0 Å². The number of hydrogen-bond donors (Lipinski definition) is 0. The van der Waals surface area contributed by atoms with E-state index in [1.807, 2.05) is 18.2 Å². The van der Waals surface area contributed by atoms with Crippen LogP contribution < -0.4 is 0 Å². The highest BCUT2D eigenvalue weighted by Crippen LogP contribution is 2.25. The minimum Gasteiger partial charge on any atom is -0.173 e. The number of aryl methyl sites for hydroxylation is 1. The lowest BCUT2D eigenvalue weighted by Gasteiger charge is -2.10. The average molecular weight is 397 g/mol. The van der Waals surface area contributed by atoms with Gasteiger partial charge in [0.2, 0.25) is 0 Å². The summed E-state index contributed by atoms with van der Waals surface area (Å²) >= 11 is 1.23. The van der Waals surface area contributed by atoms with E-state index in [4.69, 9.17) is 0 Å². The average Bonchev–Trinajstić information content (AvgIpc) is 3.21. The van der Waals surface area contributed by atoms with Crippen LogP contribution in [0.15, 0.2) is 60.7 Å². The lowest BCUT2D eigenvalue weighted by Crippen LogP contribution is -1.97. The van der Waals surface area contributed by atoms with Crippen LogP contribution in [0.5, 0.6) is 0 Å². The van der Waals surface area contributed by atoms with Gasteiger partial charge in [-0.15, -0.1) is 0 Å². The Bertz CT molecular complexity index is 1190. The van der Waals surface area contributed by atoms with Gasteiger partial charge >= 0.3 is 0 Å². The van der Waals surface area contributed by atoms with Gasteiger partial charge in [-0.05, 0) is 71.8 Å². The SMILES string of the molecule is CCC(C)Cc1ccc(-c2ccc(C#Cc3ccc4nsnc4c3)cc2C)cc1. The number of benzene rings is 3. The third kappa shape index (κ3) is 4.55. The van der Waals surface area contributed by atoms with E-state index in [0.717, 1.165) is 34.5 Å². The Morgan fingerprint density at radius 3 is 2.28 bits per heavy atom. The molecule has 29 heavy (non-hydrogen) atoms. The maximum Gasteiger partial charge on any atom is 0.106 e. The van der Waals surface area contributed by atoms with Crippen LogP contribution >= 0.6 is 11.7 Å². The Hall–Kier alpha value is -2.96. The van der Waals surface area contributed by atoms with Crippen LogP contribution in [0.25, 0.3) is 22.2 Å². The van der Waals surface area contributed by atoms with Crippen molar-refractivity contribution in [3.05, 3.63) is 82.9 Å². The Morgan fingerprint density at radius 1 is 0.862 bits per heavy atom. The number of rotatable bonds is 4. The van der Waals surface area contributed by atoms with Gasteiger partial charge < -0.3 is 0 Å². The van der Waals surface area contributed by atoms with E-state index < -0.39 is 0 Å². The fourth-order valence-corrected chi connectivity index (χ4v) is 3.95. The molecule has 1 atom stereocenters. The zero-order valence-corrected chi connectivity index (χ0v) is 17.9. The van der Waals surface area contributed by atoms with Crippen molar-refractivity contribution in [1.82, 2.24) is 8.75 Å². The molecule has 1 heterocycles. The van der Waals surface area contributed by atoms with Crippen molar-refractivity contribution >= 4 is 22.8 Å². The molecular formula is C26H24N2S. The first kappa shape index (κ1) is 19.4. The maximum atomic E-state index is 4.28. The largest absolute Gasteiger partial charge is 0.173 e. The minimum absolute atomic E-state index is 0.730. The summed E-state index contributed by atoms with van der Waals surface area (Å²) < 4.78 is 8.52. The zero-order chi connectivity index (χ0) is 20.2. The lowest BCUT2D eigenvalue weighted by molar-refractivity contribution is 0.560. The second-order valence-electron chi connectivity index (χ2n) is 7.66. The number of aromatic nitrogens is 2. The first-order chi connectivity index (χ1) is 14.1. The molecule has 0 amide bonds. The molecule has 3 heteroatoms. The normalized spacial score (nSPS) is 11.8. The first-order valence-corrected chi connectivity index (χ1v) is 10.8. The van der Waals surface area contributed by atoms with E-state index >= 15 is 0 Å². The van der Waals surface area contributed by atoms with Crippen LogP contribution in [-0.2, 0) is 6.42 Å². The molecule has 0 radical (unpaired) electrons. The Kier molecular flexibility index (Phi) is 5.74. The molecule has 0 N–H and O–H groups in total. The molecule has 4 rings (SSSR count). The smallest absolute Gasteiger partial charge is 0.106 e. The molecule has 0 spiro atoms. The topological polar surface area (TPSA) is 25.8 Å². The second kappa shape index (κ2) is 8.59. The van der Waals surface area contributed by atoms with Crippen LogP contribution in [-0.4, -0.2) is 8.75 Å². The van der Waals surface area contributed by atoms with E-state index in [2.05, 4.69) is 83.8 Å². The summed E-state index contributed by atoms with van der Waals surface area (Å²) in [7, 11) is 0. The summed E-state index contributed by atoms with van der Waals surface area (Å²) in [6.45, 7) is 6.71. The molecule has 1 aromatic heterocycles. The van der Waals surface area contributed by atoms with Crippen molar-refractivity contribution in [2.45, 2.75) is 33.6 Å². The fraction of sp³-hybridized carbons (Fsp3) is 0.231. The molecule has 0 saturated carbocycles. The highest BCUT2D eigenvalue weighted by molar-refractivity contribution is 7.00. The minimum atomic E-state index is 0.730. The van der Waals surface area contributed by atoms with E-state index in [-0.39, 0.29) is 0 Å². The standard InChI is InChI=1S/C26H24N2S/c1-4-18(2)15-20-7-11-23(12-8-20)24-13-9-21(16-19(24)3)5-6-22-10-14-25-26(17-22)28-29-27-25/h7-14,16-18H,4,15H2,1-3H3. The van der Waals surface area contributed by atoms with E-state index in [9.17, 15) is 0 Å². The van der Waals surface area contributed by atoms with Gasteiger partial charge in [-0.3, -0.25) is 0 Å². The zero-order valence-electron chi connectivity index (χ0n) is 17.1. The molecule has 0 aliphatic rings. The van der Waals surface area contributed by atoms with Crippen LogP contribution in [0.1, 0.15) is 42.5 Å². The summed E-state index contributed by atoms with van der Waals surface area (Å²) in [5.74, 6) is 7.26. The maximum absolute atomic E-state index is 4.28. The van der Waals surface area contributed by atoms with Gasteiger partial charge in [0.25, 0.3) is 0 Å². The van der Waals surface area contributed by atoms with Gasteiger partial charge in [0.05, 0.1) is 11.7 Å². The molecule has 0 aliphatic heterocycles. The third-order valence-corrected chi connectivity index (χ3v) is 5.93. The highest BCUT2D eigenvalue weighted by Gasteiger charge is 2.05. The van der Waals surface area contributed by atoms with Gasteiger partial charge in [-0.1, -0.05) is 62.4 Å². The van der Waals surface area contributed by atoms with Crippen LogP contribution in [0, 0.1) is 24.7 Å².